The van der Waals surface area contributed by atoms with Gasteiger partial charge in [0, 0.05) is 33.7 Å². The molecule has 1 aromatic heterocycles. The molecule has 0 bridgehead atoms. The van der Waals surface area contributed by atoms with Crippen LogP contribution in [0.25, 0.3) is 10.9 Å². The SMILES string of the molecule is Brc1ccc2c(c1)cc(CN1CCCCC1I)n2C1CC1. The first-order chi connectivity index (χ1) is 10.2. The van der Waals surface area contributed by atoms with E-state index in [0.29, 0.717) is 4.05 Å². The lowest BCUT2D eigenvalue weighted by molar-refractivity contribution is 0.204. The fourth-order valence-corrected chi connectivity index (χ4v) is 4.78. The van der Waals surface area contributed by atoms with Crippen molar-refractivity contribution in [2.24, 2.45) is 0 Å². The van der Waals surface area contributed by atoms with E-state index in [1.54, 1.807) is 0 Å². The van der Waals surface area contributed by atoms with E-state index in [4.69, 9.17) is 0 Å². The molecule has 21 heavy (non-hydrogen) atoms. The molecule has 0 spiro atoms. The van der Waals surface area contributed by atoms with Crippen LogP contribution in [0.2, 0.25) is 0 Å². The van der Waals surface area contributed by atoms with E-state index in [1.165, 1.54) is 59.7 Å². The maximum Gasteiger partial charge on any atom is 0.0621 e. The molecule has 2 heterocycles. The Balaban J connectivity index is 1.71. The zero-order valence-corrected chi connectivity index (χ0v) is 15.8. The number of nitrogens with zero attached hydrogens (tertiary/aromatic N) is 2. The second-order valence-corrected chi connectivity index (χ2v) is 8.69. The zero-order valence-electron chi connectivity index (χ0n) is 12.1. The van der Waals surface area contributed by atoms with Gasteiger partial charge in [0.05, 0.1) is 4.05 Å². The van der Waals surface area contributed by atoms with E-state index in [0.717, 1.165) is 12.6 Å². The standard InChI is InChI=1S/C17H20BrIN2/c18-13-4-7-16-12(9-13)10-15(21(16)14-5-6-14)11-20-8-2-1-3-17(20)19/h4,7,9-10,14,17H,1-3,5-6,8,11H2. The summed E-state index contributed by atoms with van der Waals surface area (Å²) in [6.07, 6.45) is 6.79. The van der Waals surface area contributed by atoms with Crippen LogP contribution in [0.1, 0.15) is 43.8 Å². The van der Waals surface area contributed by atoms with Gasteiger partial charge in [-0.1, -0.05) is 38.5 Å². The smallest absolute Gasteiger partial charge is 0.0621 e. The van der Waals surface area contributed by atoms with Crippen molar-refractivity contribution in [3.05, 3.63) is 34.4 Å². The van der Waals surface area contributed by atoms with Gasteiger partial charge in [-0.2, -0.15) is 0 Å². The predicted molar refractivity (Wildman–Crippen MR) is 100.0 cm³/mol. The molecule has 1 saturated heterocycles. The number of rotatable bonds is 3. The molecule has 0 radical (unpaired) electrons. The first kappa shape index (κ1) is 14.5. The average Bonchev–Trinajstić information content (AvgIpc) is 3.23. The predicted octanol–water partition coefficient (Wildman–Crippen LogP) is 5.49. The molecule has 1 atom stereocenters. The highest BCUT2D eigenvalue weighted by atomic mass is 127. The van der Waals surface area contributed by atoms with Crippen LogP contribution in [0.15, 0.2) is 28.7 Å². The number of aromatic nitrogens is 1. The Morgan fingerprint density at radius 2 is 2.00 bits per heavy atom. The summed E-state index contributed by atoms with van der Waals surface area (Å²) >= 11 is 6.23. The van der Waals surface area contributed by atoms with Crippen LogP contribution in [0.5, 0.6) is 0 Å². The van der Waals surface area contributed by atoms with Crippen molar-refractivity contribution >= 4 is 49.4 Å². The molecular formula is C17H20BrIN2. The average molecular weight is 459 g/mol. The van der Waals surface area contributed by atoms with Crippen molar-refractivity contribution in [2.75, 3.05) is 6.54 Å². The molecule has 2 nitrogen and oxygen atoms in total. The fraction of sp³-hybridized carbons (Fsp3) is 0.529. The normalized spacial score (nSPS) is 23.8. The lowest BCUT2D eigenvalue weighted by atomic mass is 10.1. The van der Waals surface area contributed by atoms with Gasteiger partial charge in [-0.3, -0.25) is 4.90 Å². The number of benzene rings is 1. The minimum atomic E-state index is 0.703. The molecule has 112 valence electrons. The van der Waals surface area contributed by atoms with Gasteiger partial charge in [0.1, 0.15) is 0 Å². The Morgan fingerprint density at radius 1 is 1.14 bits per heavy atom. The second kappa shape index (κ2) is 5.85. The molecule has 2 aliphatic rings. The van der Waals surface area contributed by atoms with E-state index in [1.807, 2.05) is 0 Å². The van der Waals surface area contributed by atoms with E-state index < -0.39 is 0 Å². The highest BCUT2D eigenvalue weighted by Gasteiger charge is 2.29. The summed E-state index contributed by atoms with van der Waals surface area (Å²) in [7, 11) is 0. The highest BCUT2D eigenvalue weighted by molar-refractivity contribution is 14.1. The van der Waals surface area contributed by atoms with Crippen LogP contribution in [0.3, 0.4) is 0 Å². The van der Waals surface area contributed by atoms with Crippen LogP contribution in [-0.2, 0) is 6.54 Å². The Labute approximate surface area is 148 Å². The third-order valence-corrected chi connectivity index (χ3v) is 6.60. The lowest BCUT2D eigenvalue weighted by Gasteiger charge is -2.32. The molecule has 1 unspecified atom stereocenters. The molecule has 0 N–H and O–H groups in total. The summed E-state index contributed by atoms with van der Waals surface area (Å²) in [5.41, 5.74) is 2.92. The van der Waals surface area contributed by atoms with Gasteiger partial charge in [-0.15, -0.1) is 0 Å². The van der Waals surface area contributed by atoms with Gasteiger partial charge < -0.3 is 4.57 Å². The van der Waals surface area contributed by atoms with Crippen molar-refractivity contribution < 1.29 is 0 Å². The maximum absolute atomic E-state index is 3.61. The van der Waals surface area contributed by atoms with Crippen molar-refractivity contribution in [1.29, 1.82) is 0 Å². The number of hydrogen-bond donors (Lipinski definition) is 0. The zero-order chi connectivity index (χ0) is 14.4. The molecule has 4 rings (SSSR count). The van der Waals surface area contributed by atoms with Gasteiger partial charge in [0.15, 0.2) is 0 Å². The van der Waals surface area contributed by atoms with Gasteiger partial charge in [-0.05, 0) is 62.9 Å². The van der Waals surface area contributed by atoms with Gasteiger partial charge in [-0.25, -0.2) is 0 Å². The van der Waals surface area contributed by atoms with E-state index >= 15 is 0 Å². The van der Waals surface area contributed by atoms with E-state index in [-0.39, 0.29) is 0 Å². The fourth-order valence-electron chi connectivity index (χ4n) is 3.49. The first-order valence-electron chi connectivity index (χ1n) is 7.90. The number of piperidine rings is 1. The number of halogens is 2. The summed E-state index contributed by atoms with van der Waals surface area (Å²) < 4.78 is 4.49. The van der Waals surface area contributed by atoms with Gasteiger partial charge in [0.2, 0.25) is 0 Å². The third-order valence-electron chi connectivity index (χ3n) is 4.69. The summed E-state index contributed by atoms with van der Waals surface area (Å²) in [6.45, 7) is 2.36. The molecule has 2 aromatic rings. The number of alkyl halides is 1. The summed E-state index contributed by atoms with van der Waals surface area (Å²) in [6, 6.07) is 9.87. The molecular weight excluding hydrogens is 439 g/mol. The van der Waals surface area contributed by atoms with Crippen LogP contribution >= 0.6 is 38.5 Å². The minimum Gasteiger partial charge on any atom is -0.340 e. The summed E-state index contributed by atoms with van der Waals surface area (Å²) in [5, 5.41) is 1.38. The molecule has 1 aliphatic heterocycles. The summed E-state index contributed by atoms with van der Waals surface area (Å²) in [5.74, 6) is 0. The van der Waals surface area contributed by atoms with Crippen molar-refractivity contribution in [3.63, 3.8) is 0 Å². The first-order valence-corrected chi connectivity index (χ1v) is 9.94. The van der Waals surface area contributed by atoms with Gasteiger partial charge >= 0.3 is 0 Å². The largest absolute Gasteiger partial charge is 0.340 e. The molecule has 1 aliphatic carbocycles. The second-order valence-electron chi connectivity index (χ2n) is 6.34. The molecule has 1 saturated carbocycles. The quantitative estimate of drug-likeness (QED) is 0.335. The molecule has 0 amide bonds. The number of fused-ring (bicyclic) bond motifs is 1. The Hall–Kier alpha value is -0.0700. The molecule has 1 aromatic carbocycles. The maximum atomic E-state index is 3.61. The monoisotopic (exact) mass is 458 g/mol. The van der Waals surface area contributed by atoms with Crippen molar-refractivity contribution in [1.82, 2.24) is 9.47 Å². The van der Waals surface area contributed by atoms with Crippen molar-refractivity contribution in [3.8, 4) is 0 Å². The number of hydrogen-bond acceptors (Lipinski definition) is 1. The number of likely N-dealkylation sites (tertiary alicyclic amines) is 1. The van der Waals surface area contributed by atoms with Crippen LogP contribution in [0, 0.1) is 0 Å². The van der Waals surface area contributed by atoms with Crippen LogP contribution < -0.4 is 0 Å². The minimum absolute atomic E-state index is 0.703. The summed E-state index contributed by atoms with van der Waals surface area (Å²) in [4.78, 5) is 2.66. The Morgan fingerprint density at radius 3 is 2.76 bits per heavy atom. The van der Waals surface area contributed by atoms with Crippen molar-refractivity contribution in [2.45, 2.75) is 48.7 Å². The topological polar surface area (TPSA) is 8.17 Å². The highest BCUT2D eigenvalue weighted by Crippen LogP contribution is 2.40. The molecule has 2 fully saturated rings. The molecule has 4 heteroatoms. The van der Waals surface area contributed by atoms with E-state index in [9.17, 15) is 0 Å². The van der Waals surface area contributed by atoms with Crippen LogP contribution in [0.4, 0.5) is 0 Å². The van der Waals surface area contributed by atoms with E-state index in [2.05, 4.69) is 72.3 Å². The Bertz CT molecular complexity index is 662. The third kappa shape index (κ3) is 2.91. The Kier molecular flexibility index (Phi) is 4.05. The lowest BCUT2D eigenvalue weighted by Crippen LogP contribution is -2.35. The van der Waals surface area contributed by atoms with Crippen LogP contribution in [-0.4, -0.2) is 20.1 Å². The van der Waals surface area contributed by atoms with Gasteiger partial charge in [0.25, 0.3) is 0 Å².